The van der Waals surface area contributed by atoms with E-state index in [0.717, 1.165) is 0 Å². The maximum absolute atomic E-state index is 9.93. The van der Waals surface area contributed by atoms with Gasteiger partial charge in [0, 0.05) is 6.42 Å². The Hall–Kier alpha value is -0.123. The van der Waals surface area contributed by atoms with Gasteiger partial charge in [0.25, 0.3) is 0 Å². The monoisotopic (exact) mass is 300 g/mol. The molecule has 0 aromatic carbocycles. The van der Waals surface area contributed by atoms with Crippen molar-refractivity contribution in [2.75, 3.05) is 0 Å². The Balaban J connectivity index is 4.85. The van der Waals surface area contributed by atoms with Crippen LogP contribution in [0.1, 0.15) is 60.3 Å². The molecule has 3 heteroatoms. The molecule has 0 saturated carbocycles. The third kappa shape index (κ3) is 6.55. The molecule has 0 radical (unpaired) electrons. The van der Waals surface area contributed by atoms with Crippen molar-refractivity contribution in [1.29, 1.82) is 0 Å². The SMILES string of the molecule is C=CC(O)C[C@H](O[Si](CC)(CC)CC)[C@@H](C)CCCC. The highest BCUT2D eigenvalue weighted by molar-refractivity contribution is 6.73. The van der Waals surface area contributed by atoms with E-state index in [2.05, 4.69) is 41.2 Å². The van der Waals surface area contributed by atoms with E-state index in [9.17, 15) is 5.11 Å². The van der Waals surface area contributed by atoms with Crippen LogP contribution in [0, 0.1) is 5.92 Å². The van der Waals surface area contributed by atoms with Crippen molar-refractivity contribution in [2.24, 2.45) is 5.92 Å². The molecule has 0 spiro atoms. The van der Waals surface area contributed by atoms with E-state index in [-0.39, 0.29) is 6.10 Å². The maximum Gasteiger partial charge on any atom is 0.192 e. The van der Waals surface area contributed by atoms with E-state index < -0.39 is 14.4 Å². The average Bonchev–Trinajstić information content (AvgIpc) is 2.49. The quantitative estimate of drug-likeness (QED) is 0.399. The lowest BCUT2D eigenvalue weighted by Crippen LogP contribution is -2.43. The van der Waals surface area contributed by atoms with Gasteiger partial charge < -0.3 is 9.53 Å². The molecule has 0 aliphatic rings. The van der Waals surface area contributed by atoms with Crippen molar-refractivity contribution < 1.29 is 9.53 Å². The minimum atomic E-state index is -1.61. The van der Waals surface area contributed by atoms with E-state index >= 15 is 0 Å². The molecule has 0 aromatic heterocycles. The molecule has 0 saturated heterocycles. The lowest BCUT2D eigenvalue weighted by Gasteiger charge is -2.37. The van der Waals surface area contributed by atoms with Crippen LogP contribution in [0.25, 0.3) is 0 Å². The van der Waals surface area contributed by atoms with Gasteiger partial charge in [-0.15, -0.1) is 6.58 Å². The summed E-state index contributed by atoms with van der Waals surface area (Å²) in [6, 6.07) is 3.50. The van der Waals surface area contributed by atoms with Crippen LogP contribution in [-0.4, -0.2) is 25.6 Å². The van der Waals surface area contributed by atoms with E-state index in [4.69, 9.17) is 4.43 Å². The molecule has 3 atom stereocenters. The highest BCUT2D eigenvalue weighted by Crippen LogP contribution is 2.29. The number of aliphatic hydroxyl groups excluding tert-OH is 1. The number of hydrogen-bond donors (Lipinski definition) is 1. The predicted molar refractivity (Wildman–Crippen MR) is 91.6 cm³/mol. The Bertz CT molecular complexity index is 243. The van der Waals surface area contributed by atoms with Crippen molar-refractivity contribution in [3.8, 4) is 0 Å². The molecule has 2 nitrogen and oxygen atoms in total. The van der Waals surface area contributed by atoms with Crippen LogP contribution in [0.5, 0.6) is 0 Å². The number of rotatable bonds is 12. The van der Waals surface area contributed by atoms with Gasteiger partial charge in [0.1, 0.15) is 0 Å². The second-order valence-electron chi connectivity index (χ2n) is 6.06. The molecule has 0 bridgehead atoms. The highest BCUT2D eigenvalue weighted by atomic mass is 28.4. The van der Waals surface area contributed by atoms with Gasteiger partial charge >= 0.3 is 0 Å². The average molecular weight is 301 g/mol. The Morgan fingerprint density at radius 1 is 1.15 bits per heavy atom. The summed E-state index contributed by atoms with van der Waals surface area (Å²) < 4.78 is 6.65. The molecular formula is C17H36O2Si. The first kappa shape index (κ1) is 19.9. The molecule has 0 amide bonds. The van der Waals surface area contributed by atoms with Crippen molar-refractivity contribution >= 4 is 8.32 Å². The first-order valence-corrected chi connectivity index (χ1v) is 11.0. The molecule has 20 heavy (non-hydrogen) atoms. The zero-order valence-electron chi connectivity index (χ0n) is 14.3. The van der Waals surface area contributed by atoms with Crippen LogP contribution in [0.15, 0.2) is 12.7 Å². The van der Waals surface area contributed by atoms with Crippen molar-refractivity contribution in [2.45, 2.75) is 90.6 Å². The van der Waals surface area contributed by atoms with Gasteiger partial charge in [-0.25, -0.2) is 0 Å². The fraction of sp³-hybridized carbons (Fsp3) is 0.882. The van der Waals surface area contributed by atoms with Gasteiger partial charge in [-0.05, 0) is 30.5 Å². The predicted octanol–water partition coefficient (Wildman–Crippen LogP) is 5.14. The van der Waals surface area contributed by atoms with Gasteiger partial charge in [-0.1, -0.05) is 53.5 Å². The summed E-state index contributed by atoms with van der Waals surface area (Å²) in [6.07, 6.45) is 5.72. The first-order valence-electron chi connectivity index (χ1n) is 8.46. The van der Waals surface area contributed by atoms with E-state index in [1.165, 1.54) is 37.4 Å². The fourth-order valence-corrected chi connectivity index (χ4v) is 5.73. The van der Waals surface area contributed by atoms with Crippen LogP contribution in [0.4, 0.5) is 0 Å². The van der Waals surface area contributed by atoms with Crippen molar-refractivity contribution in [3.63, 3.8) is 0 Å². The van der Waals surface area contributed by atoms with Crippen LogP contribution < -0.4 is 0 Å². The molecule has 0 fully saturated rings. The van der Waals surface area contributed by atoms with E-state index in [1.54, 1.807) is 6.08 Å². The second-order valence-corrected chi connectivity index (χ2v) is 10.8. The molecule has 0 aliphatic heterocycles. The first-order chi connectivity index (χ1) is 9.48. The zero-order valence-corrected chi connectivity index (χ0v) is 15.3. The van der Waals surface area contributed by atoms with Crippen LogP contribution in [0.2, 0.25) is 18.1 Å². The fourth-order valence-electron chi connectivity index (χ4n) is 2.76. The van der Waals surface area contributed by atoms with Crippen LogP contribution >= 0.6 is 0 Å². The van der Waals surface area contributed by atoms with Gasteiger partial charge in [0.05, 0.1) is 12.2 Å². The molecular weight excluding hydrogens is 264 g/mol. The molecule has 1 N–H and O–H groups in total. The summed E-state index contributed by atoms with van der Waals surface area (Å²) in [7, 11) is -1.61. The van der Waals surface area contributed by atoms with Crippen molar-refractivity contribution in [1.82, 2.24) is 0 Å². The summed E-state index contributed by atoms with van der Waals surface area (Å²) in [6.45, 7) is 15.0. The number of hydrogen-bond acceptors (Lipinski definition) is 2. The second kappa shape index (κ2) is 10.6. The lowest BCUT2D eigenvalue weighted by atomic mass is 9.94. The Morgan fingerprint density at radius 2 is 1.70 bits per heavy atom. The summed E-state index contributed by atoms with van der Waals surface area (Å²) >= 11 is 0. The summed E-state index contributed by atoms with van der Waals surface area (Å²) in [5.41, 5.74) is 0. The molecule has 0 aromatic rings. The third-order valence-corrected chi connectivity index (χ3v) is 9.40. The normalized spacial score (nSPS) is 16.7. The van der Waals surface area contributed by atoms with Gasteiger partial charge in [-0.2, -0.15) is 0 Å². The molecule has 1 unspecified atom stereocenters. The Labute approximate surface area is 127 Å². The standard InChI is InChI=1S/C17H36O2Si/c1-7-12-13-15(6)17(14-16(18)8-2)19-20(9-3,10-4)11-5/h8,15-18H,2,7,9-14H2,1,3-6H3/t15-,16?,17-/m0/s1. The Morgan fingerprint density at radius 3 is 2.10 bits per heavy atom. The van der Waals surface area contributed by atoms with Crippen LogP contribution in [0.3, 0.4) is 0 Å². The summed E-state index contributed by atoms with van der Waals surface area (Å²) in [4.78, 5) is 0. The zero-order chi connectivity index (χ0) is 15.6. The smallest absolute Gasteiger partial charge is 0.192 e. The molecule has 120 valence electrons. The number of aliphatic hydroxyl groups is 1. The lowest BCUT2D eigenvalue weighted by molar-refractivity contribution is 0.0718. The molecule has 0 aliphatic carbocycles. The largest absolute Gasteiger partial charge is 0.414 e. The third-order valence-electron chi connectivity index (χ3n) is 4.73. The maximum atomic E-state index is 9.93. The highest BCUT2D eigenvalue weighted by Gasteiger charge is 2.34. The number of unbranched alkanes of at least 4 members (excludes halogenated alkanes) is 1. The Kier molecular flexibility index (Phi) is 10.5. The summed E-state index contributed by atoms with van der Waals surface area (Å²) in [5.74, 6) is 0.515. The van der Waals surface area contributed by atoms with Crippen molar-refractivity contribution in [3.05, 3.63) is 12.7 Å². The van der Waals surface area contributed by atoms with E-state index in [0.29, 0.717) is 12.3 Å². The van der Waals surface area contributed by atoms with Crippen LogP contribution in [-0.2, 0) is 4.43 Å². The molecule has 0 rings (SSSR count). The minimum Gasteiger partial charge on any atom is -0.414 e. The molecule has 0 heterocycles. The van der Waals surface area contributed by atoms with Gasteiger partial charge in [0.2, 0.25) is 0 Å². The minimum absolute atomic E-state index is 0.182. The summed E-state index contributed by atoms with van der Waals surface area (Å²) in [5, 5.41) is 9.93. The topological polar surface area (TPSA) is 29.5 Å². The van der Waals surface area contributed by atoms with E-state index in [1.807, 2.05) is 0 Å². The van der Waals surface area contributed by atoms with Gasteiger partial charge in [0.15, 0.2) is 8.32 Å². The van der Waals surface area contributed by atoms with Gasteiger partial charge in [-0.3, -0.25) is 0 Å².